The van der Waals surface area contributed by atoms with Crippen LogP contribution in [0.2, 0.25) is 0 Å². The molecule has 0 aromatic carbocycles. The van der Waals surface area contributed by atoms with Crippen molar-refractivity contribution in [3.8, 4) is 0 Å². The molecule has 1 aromatic rings. The van der Waals surface area contributed by atoms with Crippen LogP contribution in [0.4, 0.5) is 0 Å². The molecular weight excluding hydrogens is 228 g/mol. The normalized spacial score (nSPS) is 13.3. The van der Waals surface area contributed by atoms with Crippen molar-refractivity contribution in [2.24, 2.45) is 11.1 Å². The number of hydrogen-bond acceptors (Lipinski definition) is 5. The van der Waals surface area contributed by atoms with Gasteiger partial charge in [0.1, 0.15) is 0 Å². The molecule has 5 nitrogen and oxygen atoms in total. The van der Waals surface area contributed by atoms with Crippen LogP contribution in [0, 0.1) is 5.41 Å². The Morgan fingerprint density at radius 3 is 2.28 bits per heavy atom. The van der Waals surface area contributed by atoms with E-state index in [9.17, 15) is 0 Å². The summed E-state index contributed by atoms with van der Waals surface area (Å²) in [5.74, 6) is 1.42. The highest BCUT2D eigenvalue weighted by atomic mass is 16.5. The highest BCUT2D eigenvalue weighted by Crippen LogP contribution is 2.19. The molecule has 0 aliphatic heterocycles. The molecule has 0 atom stereocenters. The Morgan fingerprint density at radius 2 is 1.83 bits per heavy atom. The molecular formula is C13H26N4O. The molecule has 0 unspecified atom stereocenters. The quantitative estimate of drug-likeness (QED) is 0.867. The van der Waals surface area contributed by atoms with Gasteiger partial charge in [0.05, 0.1) is 6.54 Å². The van der Waals surface area contributed by atoms with Crippen molar-refractivity contribution >= 4 is 0 Å². The second-order valence-corrected chi connectivity index (χ2v) is 6.80. The van der Waals surface area contributed by atoms with Crippen LogP contribution in [0.1, 0.15) is 46.3 Å². The second kappa shape index (κ2) is 5.36. The number of hydrogen-bond donors (Lipinski definition) is 1. The summed E-state index contributed by atoms with van der Waals surface area (Å²) < 4.78 is 5.28. The van der Waals surface area contributed by atoms with Crippen molar-refractivity contribution in [1.82, 2.24) is 15.0 Å². The van der Waals surface area contributed by atoms with Gasteiger partial charge in [-0.25, -0.2) is 0 Å². The lowest BCUT2D eigenvalue weighted by molar-refractivity contribution is 0.189. The van der Waals surface area contributed by atoms with Crippen molar-refractivity contribution in [2.45, 2.75) is 46.6 Å². The van der Waals surface area contributed by atoms with Gasteiger partial charge in [-0.05, 0) is 19.0 Å². The maximum absolute atomic E-state index is 5.73. The number of nitrogens with zero attached hydrogens (tertiary/aromatic N) is 3. The zero-order valence-electron chi connectivity index (χ0n) is 12.4. The molecule has 1 rings (SSSR count). The Bertz CT molecular complexity index is 379. The second-order valence-electron chi connectivity index (χ2n) is 6.80. The Balaban J connectivity index is 2.60. The maximum atomic E-state index is 5.73. The first-order valence-corrected chi connectivity index (χ1v) is 6.36. The molecule has 0 saturated heterocycles. The van der Waals surface area contributed by atoms with Gasteiger partial charge in [0.2, 0.25) is 5.89 Å². The van der Waals surface area contributed by atoms with Crippen LogP contribution in [0.5, 0.6) is 0 Å². The topological polar surface area (TPSA) is 68.2 Å². The van der Waals surface area contributed by atoms with Crippen LogP contribution in [0.25, 0.3) is 0 Å². The van der Waals surface area contributed by atoms with E-state index in [1.165, 1.54) is 0 Å². The summed E-state index contributed by atoms with van der Waals surface area (Å²) >= 11 is 0. The molecule has 0 fully saturated rings. The lowest BCUT2D eigenvalue weighted by Gasteiger charge is -2.27. The molecule has 0 bridgehead atoms. The standard InChI is InChI=1S/C13H26N4O/c1-12(2,3)11-15-10(18-16-11)7-17(6)9-13(4,5)8-14/h7-9,14H2,1-6H3. The molecule has 1 heterocycles. The molecule has 1 aromatic heterocycles. The van der Waals surface area contributed by atoms with E-state index in [1.807, 2.05) is 7.05 Å². The monoisotopic (exact) mass is 254 g/mol. The fraction of sp³-hybridized carbons (Fsp3) is 0.846. The van der Waals surface area contributed by atoms with Gasteiger partial charge in [-0.15, -0.1) is 0 Å². The molecule has 2 N–H and O–H groups in total. The predicted octanol–water partition coefficient (Wildman–Crippen LogP) is 1.78. The molecule has 5 heteroatoms. The van der Waals surface area contributed by atoms with Crippen molar-refractivity contribution in [2.75, 3.05) is 20.1 Å². The third-order valence-electron chi connectivity index (χ3n) is 2.79. The zero-order valence-corrected chi connectivity index (χ0v) is 12.4. The van der Waals surface area contributed by atoms with E-state index in [2.05, 4.69) is 49.7 Å². The smallest absolute Gasteiger partial charge is 0.240 e. The third kappa shape index (κ3) is 4.38. The molecule has 104 valence electrons. The van der Waals surface area contributed by atoms with Crippen LogP contribution >= 0.6 is 0 Å². The van der Waals surface area contributed by atoms with E-state index in [0.717, 1.165) is 12.4 Å². The Morgan fingerprint density at radius 1 is 1.22 bits per heavy atom. The van der Waals surface area contributed by atoms with Gasteiger partial charge >= 0.3 is 0 Å². The molecule has 0 saturated carbocycles. The largest absolute Gasteiger partial charge is 0.338 e. The average Bonchev–Trinajstić information content (AvgIpc) is 2.64. The Kier molecular flexibility index (Phi) is 4.50. The first-order chi connectivity index (χ1) is 8.14. The minimum absolute atomic E-state index is 0.0726. The molecule has 0 amide bonds. The molecule has 0 aliphatic rings. The Hall–Kier alpha value is -0.940. The van der Waals surface area contributed by atoms with Gasteiger partial charge in [0.25, 0.3) is 0 Å². The van der Waals surface area contributed by atoms with Gasteiger partial charge in [-0.2, -0.15) is 4.98 Å². The summed E-state index contributed by atoms with van der Waals surface area (Å²) in [5.41, 5.74) is 5.76. The fourth-order valence-electron chi connectivity index (χ4n) is 1.71. The summed E-state index contributed by atoms with van der Waals surface area (Å²) in [6.45, 7) is 12.7. The third-order valence-corrected chi connectivity index (χ3v) is 2.79. The maximum Gasteiger partial charge on any atom is 0.240 e. The van der Waals surface area contributed by atoms with E-state index in [0.29, 0.717) is 19.0 Å². The summed E-state index contributed by atoms with van der Waals surface area (Å²) in [4.78, 5) is 6.59. The summed E-state index contributed by atoms with van der Waals surface area (Å²) in [6.07, 6.45) is 0. The first-order valence-electron chi connectivity index (χ1n) is 6.36. The van der Waals surface area contributed by atoms with Gasteiger partial charge < -0.3 is 10.3 Å². The van der Waals surface area contributed by atoms with E-state index in [-0.39, 0.29) is 10.8 Å². The Labute approximate surface area is 110 Å². The van der Waals surface area contributed by atoms with Crippen molar-refractivity contribution in [3.05, 3.63) is 11.7 Å². The minimum atomic E-state index is -0.0726. The molecule has 18 heavy (non-hydrogen) atoms. The van der Waals surface area contributed by atoms with E-state index < -0.39 is 0 Å². The van der Waals surface area contributed by atoms with E-state index in [4.69, 9.17) is 10.3 Å². The van der Waals surface area contributed by atoms with Crippen LogP contribution in [-0.2, 0) is 12.0 Å². The van der Waals surface area contributed by atoms with Crippen molar-refractivity contribution < 1.29 is 4.52 Å². The highest BCUT2D eigenvalue weighted by Gasteiger charge is 2.23. The number of rotatable bonds is 5. The average molecular weight is 254 g/mol. The van der Waals surface area contributed by atoms with Crippen LogP contribution in [-0.4, -0.2) is 35.2 Å². The van der Waals surface area contributed by atoms with Gasteiger partial charge in [-0.1, -0.05) is 39.8 Å². The van der Waals surface area contributed by atoms with Crippen LogP contribution in [0.3, 0.4) is 0 Å². The SMILES string of the molecule is CN(Cc1nc(C(C)(C)C)no1)CC(C)(C)CN. The van der Waals surface area contributed by atoms with Gasteiger partial charge in [0, 0.05) is 12.0 Å². The fourth-order valence-corrected chi connectivity index (χ4v) is 1.71. The summed E-state index contributed by atoms with van der Waals surface area (Å²) in [5, 5.41) is 4.02. The molecule has 0 spiro atoms. The lowest BCUT2D eigenvalue weighted by atomic mass is 9.93. The highest BCUT2D eigenvalue weighted by molar-refractivity contribution is 4.99. The number of aromatic nitrogens is 2. The van der Waals surface area contributed by atoms with Crippen LogP contribution in [0.15, 0.2) is 4.52 Å². The number of nitrogens with two attached hydrogens (primary N) is 1. The first kappa shape index (κ1) is 15.1. The van der Waals surface area contributed by atoms with E-state index in [1.54, 1.807) is 0 Å². The van der Waals surface area contributed by atoms with Gasteiger partial charge in [0.15, 0.2) is 5.82 Å². The van der Waals surface area contributed by atoms with Crippen molar-refractivity contribution in [3.63, 3.8) is 0 Å². The lowest BCUT2D eigenvalue weighted by Crippen LogP contribution is -2.36. The predicted molar refractivity (Wildman–Crippen MR) is 72.2 cm³/mol. The zero-order chi connectivity index (χ0) is 14.0. The minimum Gasteiger partial charge on any atom is -0.338 e. The van der Waals surface area contributed by atoms with Crippen molar-refractivity contribution in [1.29, 1.82) is 0 Å². The summed E-state index contributed by atoms with van der Waals surface area (Å²) in [7, 11) is 2.04. The van der Waals surface area contributed by atoms with Gasteiger partial charge in [-0.3, -0.25) is 4.90 Å². The summed E-state index contributed by atoms with van der Waals surface area (Å²) in [6, 6.07) is 0. The van der Waals surface area contributed by atoms with E-state index >= 15 is 0 Å². The van der Waals surface area contributed by atoms with Crippen LogP contribution < -0.4 is 5.73 Å². The molecule has 0 aliphatic carbocycles. The molecule has 0 radical (unpaired) electrons.